The Morgan fingerprint density at radius 3 is 2.63 bits per heavy atom. The number of imidazole rings is 1. The predicted molar refractivity (Wildman–Crippen MR) is 144 cm³/mol. The summed E-state index contributed by atoms with van der Waals surface area (Å²) in [7, 11) is 0. The largest absolute Gasteiger partial charge is 0.352 e. The first-order valence-electron chi connectivity index (χ1n) is 12.9. The number of hydrogen-bond acceptors (Lipinski definition) is 5. The number of rotatable bonds is 5. The topological polar surface area (TPSA) is 82.0 Å². The van der Waals surface area contributed by atoms with Gasteiger partial charge in [0.25, 0.3) is 11.8 Å². The van der Waals surface area contributed by atoms with E-state index in [0.29, 0.717) is 48.3 Å². The van der Waals surface area contributed by atoms with E-state index in [9.17, 15) is 9.59 Å². The summed E-state index contributed by atoms with van der Waals surface area (Å²) in [5.41, 5.74) is 5.57. The highest BCUT2D eigenvalue weighted by molar-refractivity contribution is 5.99. The average Bonchev–Trinajstić information content (AvgIpc) is 3.56. The minimum Gasteiger partial charge on any atom is -0.352 e. The minimum absolute atomic E-state index is 0.0486. The monoisotopic (exact) mass is 512 g/mol. The minimum atomic E-state index is -0.552. The number of nitrogens with one attached hydrogen (secondary N) is 2. The first-order valence-corrected chi connectivity index (χ1v) is 12.9. The van der Waals surface area contributed by atoms with E-state index in [0.717, 1.165) is 29.9 Å². The molecule has 4 heterocycles. The summed E-state index contributed by atoms with van der Waals surface area (Å²) in [4.78, 5) is 33.4. The summed E-state index contributed by atoms with van der Waals surface area (Å²) in [6.07, 6.45) is 3.58. The van der Waals surface area contributed by atoms with Crippen molar-refractivity contribution in [3.8, 4) is 11.3 Å². The summed E-state index contributed by atoms with van der Waals surface area (Å²) in [5.74, 6) is -0.875. The third-order valence-corrected chi connectivity index (χ3v) is 7.44. The Morgan fingerprint density at radius 1 is 1.05 bits per heavy atom. The van der Waals surface area contributed by atoms with Gasteiger partial charge in [-0.2, -0.15) is 0 Å². The highest BCUT2D eigenvalue weighted by atomic mass is 19.1. The van der Waals surface area contributed by atoms with Gasteiger partial charge < -0.3 is 15.5 Å². The first-order chi connectivity index (χ1) is 18.4. The number of pyridine rings is 1. The zero-order valence-electron chi connectivity index (χ0n) is 21.4. The van der Waals surface area contributed by atoms with Crippen LogP contribution in [0.4, 0.5) is 15.8 Å². The van der Waals surface area contributed by atoms with Crippen molar-refractivity contribution in [2.75, 3.05) is 31.5 Å². The standard InChI is InChI=1S/C29H29FN6O2/c1-18(2)34-11-13-35(14-12-34)29(38)23-6-4-21(16-24(23)30)33-25-7-8-26(36-10-9-31-27(25)36)19-3-5-22-20(15-19)17-32-28(22)37/h3-10,15-16,18,33H,11-14,17H2,1-2H3,(H,32,37). The molecule has 0 aliphatic carbocycles. The van der Waals surface area contributed by atoms with E-state index in [2.05, 4.69) is 34.4 Å². The van der Waals surface area contributed by atoms with Gasteiger partial charge in [-0.25, -0.2) is 9.37 Å². The van der Waals surface area contributed by atoms with E-state index in [1.54, 1.807) is 23.2 Å². The average molecular weight is 513 g/mol. The van der Waals surface area contributed by atoms with Crippen LogP contribution >= 0.6 is 0 Å². The van der Waals surface area contributed by atoms with Crippen LogP contribution < -0.4 is 10.6 Å². The van der Waals surface area contributed by atoms with Gasteiger partial charge in [-0.1, -0.05) is 6.07 Å². The van der Waals surface area contributed by atoms with Crippen molar-refractivity contribution in [2.45, 2.75) is 26.4 Å². The Morgan fingerprint density at radius 2 is 1.87 bits per heavy atom. The molecule has 0 saturated carbocycles. The molecule has 2 amide bonds. The number of carbonyl (C=O) groups excluding carboxylic acids is 2. The zero-order valence-corrected chi connectivity index (χ0v) is 21.4. The Kier molecular flexibility index (Phi) is 6.07. The van der Waals surface area contributed by atoms with E-state index in [-0.39, 0.29) is 17.4 Å². The first kappa shape index (κ1) is 24.1. The van der Waals surface area contributed by atoms with Gasteiger partial charge in [0.05, 0.1) is 16.9 Å². The molecule has 1 fully saturated rings. The molecule has 2 N–H and O–H groups in total. The second kappa shape index (κ2) is 9.57. The Bertz CT molecular complexity index is 1550. The van der Waals surface area contributed by atoms with Gasteiger partial charge in [0.1, 0.15) is 5.82 Å². The lowest BCUT2D eigenvalue weighted by atomic mass is 10.0. The van der Waals surface area contributed by atoms with Crippen LogP contribution in [-0.2, 0) is 6.54 Å². The maximum Gasteiger partial charge on any atom is 0.256 e. The second-order valence-corrected chi connectivity index (χ2v) is 10.0. The molecule has 0 spiro atoms. The van der Waals surface area contributed by atoms with Crippen molar-refractivity contribution in [1.29, 1.82) is 0 Å². The van der Waals surface area contributed by atoms with Gasteiger partial charge in [0.2, 0.25) is 0 Å². The zero-order chi connectivity index (χ0) is 26.4. The Labute approximate surface area is 220 Å². The number of amides is 2. The summed E-state index contributed by atoms with van der Waals surface area (Å²) in [5, 5.41) is 6.10. The van der Waals surface area contributed by atoms with E-state index >= 15 is 4.39 Å². The molecular weight excluding hydrogens is 483 g/mol. The smallest absolute Gasteiger partial charge is 0.256 e. The van der Waals surface area contributed by atoms with Crippen molar-refractivity contribution in [1.82, 2.24) is 24.5 Å². The van der Waals surface area contributed by atoms with Crippen LogP contribution in [-0.4, -0.2) is 63.2 Å². The van der Waals surface area contributed by atoms with Gasteiger partial charge in [-0.15, -0.1) is 0 Å². The van der Waals surface area contributed by atoms with Gasteiger partial charge in [-0.05, 0) is 67.4 Å². The SMILES string of the molecule is CC(C)N1CCN(C(=O)c2ccc(Nc3ccc(-c4ccc5c(c4)CNC5=O)n4ccnc34)cc2F)CC1. The number of benzene rings is 2. The van der Waals surface area contributed by atoms with E-state index < -0.39 is 5.82 Å². The maximum absolute atomic E-state index is 15.1. The quantitative estimate of drug-likeness (QED) is 0.417. The number of nitrogens with zero attached hydrogens (tertiary/aromatic N) is 4. The third-order valence-electron chi connectivity index (χ3n) is 7.44. The molecule has 8 nitrogen and oxygen atoms in total. The lowest BCUT2D eigenvalue weighted by Crippen LogP contribution is -2.50. The molecular formula is C29H29FN6O2. The number of hydrogen-bond donors (Lipinski definition) is 2. The second-order valence-electron chi connectivity index (χ2n) is 10.0. The number of anilines is 2. The van der Waals surface area contributed by atoms with E-state index in [4.69, 9.17) is 0 Å². The van der Waals surface area contributed by atoms with Crippen LogP contribution in [0.1, 0.15) is 40.1 Å². The highest BCUT2D eigenvalue weighted by Crippen LogP contribution is 2.30. The summed E-state index contributed by atoms with van der Waals surface area (Å²) in [6.45, 7) is 7.58. The molecule has 194 valence electrons. The van der Waals surface area contributed by atoms with E-state index in [1.807, 2.05) is 40.9 Å². The predicted octanol–water partition coefficient (Wildman–Crippen LogP) is 4.29. The van der Waals surface area contributed by atoms with Crippen LogP contribution in [0.5, 0.6) is 0 Å². The molecule has 9 heteroatoms. The van der Waals surface area contributed by atoms with Crippen LogP contribution in [0.3, 0.4) is 0 Å². The van der Waals surface area contributed by atoms with Gasteiger partial charge in [0.15, 0.2) is 5.65 Å². The number of aromatic nitrogens is 2. The number of piperazine rings is 1. The summed E-state index contributed by atoms with van der Waals surface area (Å²) >= 11 is 0. The van der Waals surface area contributed by atoms with Crippen molar-refractivity contribution >= 4 is 28.8 Å². The fourth-order valence-electron chi connectivity index (χ4n) is 5.27. The molecule has 38 heavy (non-hydrogen) atoms. The fourth-order valence-corrected chi connectivity index (χ4v) is 5.27. The lowest BCUT2D eigenvalue weighted by molar-refractivity contribution is 0.0591. The maximum atomic E-state index is 15.1. The normalized spacial score (nSPS) is 15.7. The van der Waals surface area contributed by atoms with Gasteiger partial charge >= 0.3 is 0 Å². The fraction of sp³-hybridized carbons (Fsp3) is 0.276. The van der Waals surface area contributed by atoms with E-state index in [1.165, 1.54) is 6.07 Å². The lowest BCUT2D eigenvalue weighted by Gasteiger charge is -2.37. The molecule has 2 aliphatic rings. The van der Waals surface area contributed by atoms with Gasteiger partial charge in [0, 0.05) is 62.4 Å². The summed E-state index contributed by atoms with van der Waals surface area (Å²) in [6, 6.07) is 14.7. The number of halogens is 1. The summed E-state index contributed by atoms with van der Waals surface area (Å²) < 4.78 is 17.0. The molecule has 2 aromatic heterocycles. The molecule has 0 unspecified atom stereocenters. The highest BCUT2D eigenvalue weighted by Gasteiger charge is 2.25. The van der Waals surface area contributed by atoms with Crippen LogP contribution in [0, 0.1) is 5.82 Å². The molecule has 0 bridgehead atoms. The molecule has 0 atom stereocenters. The van der Waals surface area contributed by atoms with Crippen molar-refractivity contribution in [3.05, 3.63) is 83.4 Å². The van der Waals surface area contributed by atoms with Crippen LogP contribution in [0.2, 0.25) is 0 Å². The molecule has 4 aromatic rings. The van der Waals surface area contributed by atoms with Gasteiger partial charge in [-0.3, -0.25) is 18.9 Å². The molecule has 0 radical (unpaired) electrons. The molecule has 2 aromatic carbocycles. The Hall–Kier alpha value is -4.24. The van der Waals surface area contributed by atoms with Crippen LogP contribution in [0.25, 0.3) is 16.9 Å². The molecule has 6 rings (SSSR count). The third kappa shape index (κ3) is 4.28. The van der Waals surface area contributed by atoms with Crippen LogP contribution in [0.15, 0.2) is 60.9 Å². The Balaban J connectivity index is 1.22. The molecule has 1 saturated heterocycles. The van der Waals surface area contributed by atoms with Crippen molar-refractivity contribution in [2.24, 2.45) is 0 Å². The van der Waals surface area contributed by atoms with Crippen molar-refractivity contribution < 1.29 is 14.0 Å². The molecule has 2 aliphatic heterocycles. The van der Waals surface area contributed by atoms with Crippen molar-refractivity contribution in [3.63, 3.8) is 0 Å². The number of fused-ring (bicyclic) bond motifs is 2. The number of carbonyl (C=O) groups is 2.